The molecule has 0 saturated carbocycles. The number of aliphatic hydroxyl groups excluding tert-OH is 1. The maximum absolute atomic E-state index is 11.1. The molecule has 1 unspecified atom stereocenters. The average molecular weight is 298 g/mol. The Kier molecular flexibility index (Phi) is 3.49. The number of benzene rings is 1. The third-order valence-electron chi connectivity index (χ3n) is 2.62. The summed E-state index contributed by atoms with van der Waals surface area (Å²) in [6.07, 6.45) is 0.917. The van der Waals surface area contributed by atoms with Crippen LogP contribution in [0, 0.1) is 0 Å². The Labute approximate surface area is 107 Å². The fourth-order valence-electron chi connectivity index (χ4n) is 1.76. The van der Waals surface area contributed by atoms with Gasteiger partial charge in [0.2, 0.25) is 0 Å². The summed E-state index contributed by atoms with van der Waals surface area (Å²) in [5, 5.41) is 10.6. The van der Waals surface area contributed by atoms with Gasteiger partial charge in [-0.3, -0.25) is 0 Å². The summed E-state index contributed by atoms with van der Waals surface area (Å²) < 4.78 is 5.46. The monoisotopic (exact) mass is 297 g/mol. The van der Waals surface area contributed by atoms with Crippen molar-refractivity contribution in [3.63, 3.8) is 0 Å². The second-order valence-electron chi connectivity index (χ2n) is 3.75. The van der Waals surface area contributed by atoms with Crippen molar-refractivity contribution in [2.45, 2.75) is 12.5 Å². The van der Waals surface area contributed by atoms with Crippen LogP contribution in [-0.4, -0.2) is 29.3 Å². The molecular formula is C12H12BrNO3. The van der Waals surface area contributed by atoms with E-state index in [1.165, 1.54) is 7.11 Å². The number of methoxy groups -OCH3 is 1. The summed E-state index contributed by atoms with van der Waals surface area (Å²) in [5.74, 6) is -0.614. The number of esters is 1. The maximum Gasteiger partial charge on any atom is 0.335 e. The second-order valence-corrected chi connectivity index (χ2v) is 4.66. The molecule has 0 aliphatic carbocycles. The van der Waals surface area contributed by atoms with Gasteiger partial charge in [-0.15, -0.1) is 0 Å². The Morgan fingerprint density at radius 3 is 3.06 bits per heavy atom. The first-order valence-electron chi connectivity index (χ1n) is 5.13. The molecule has 17 heavy (non-hydrogen) atoms. The predicted molar refractivity (Wildman–Crippen MR) is 67.7 cm³/mol. The van der Waals surface area contributed by atoms with Crippen LogP contribution in [0.2, 0.25) is 0 Å². The van der Waals surface area contributed by atoms with Crippen LogP contribution in [0.25, 0.3) is 10.9 Å². The zero-order chi connectivity index (χ0) is 12.4. The smallest absolute Gasteiger partial charge is 0.335 e. The lowest BCUT2D eigenvalue weighted by molar-refractivity contribution is -0.150. The lowest BCUT2D eigenvalue weighted by Gasteiger charge is -2.06. The van der Waals surface area contributed by atoms with Crippen LogP contribution in [0.3, 0.4) is 0 Å². The summed E-state index contributed by atoms with van der Waals surface area (Å²) in [6, 6.07) is 5.81. The average Bonchev–Trinajstić information content (AvgIpc) is 2.70. The van der Waals surface area contributed by atoms with E-state index in [0.717, 1.165) is 20.9 Å². The number of aromatic amines is 1. The van der Waals surface area contributed by atoms with E-state index >= 15 is 0 Å². The van der Waals surface area contributed by atoms with Crippen molar-refractivity contribution in [2.24, 2.45) is 0 Å². The highest BCUT2D eigenvalue weighted by Gasteiger charge is 2.17. The Hall–Kier alpha value is -1.33. The predicted octanol–water partition coefficient (Wildman–Crippen LogP) is 2.01. The molecule has 1 atom stereocenters. The molecular weight excluding hydrogens is 286 g/mol. The zero-order valence-electron chi connectivity index (χ0n) is 9.24. The lowest BCUT2D eigenvalue weighted by atomic mass is 10.1. The maximum atomic E-state index is 11.1. The van der Waals surface area contributed by atoms with Crippen LogP contribution in [0.15, 0.2) is 28.9 Å². The second kappa shape index (κ2) is 4.89. The third kappa shape index (κ3) is 2.50. The van der Waals surface area contributed by atoms with Crippen molar-refractivity contribution >= 4 is 32.8 Å². The molecule has 2 aromatic rings. The molecule has 0 amide bonds. The molecule has 0 saturated heterocycles. The van der Waals surface area contributed by atoms with Gasteiger partial charge in [0.15, 0.2) is 6.10 Å². The Bertz CT molecular complexity index is 550. The molecule has 0 radical (unpaired) electrons. The molecule has 1 aromatic carbocycles. The summed E-state index contributed by atoms with van der Waals surface area (Å²) in [7, 11) is 1.26. The Balaban J connectivity index is 2.28. The molecule has 0 spiro atoms. The molecule has 2 N–H and O–H groups in total. The number of carbonyl (C=O) groups is 1. The van der Waals surface area contributed by atoms with Gasteiger partial charge in [-0.1, -0.05) is 22.0 Å². The minimum atomic E-state index is -1.12. The van der Waals surface area contributed by atoms with Gasteiger partial charge < -0.3 is 14.8 Å². The van der Waals surface area contributed by atoms with Gasteiger partial charge in [0, 0.05) is 28.0 Å². The number of rotatable bonds is 3. The van der Waals surface area contributed by atoms with Gasteiger partial charge in [-0.25, -0.2) is 4.79 Å². The van der Waals surface area contributed by atoms with E-state index in [0.29, 0.717) is 0 Å². The number of aromatic nitrogens is 1. The minimum Gasteiger partial charge on any atom is -0.467 e. The number of hydrogen-bond acceptors (Lipinski definition) is 3. The van der Waals surface area contributed by atoms with Crippen molar-refractivity contribution in [1.82, 2.24) is 4.98 Å². The molecule has 2 rings (SSSR count). The van der Waals surface area contributed by atoms with E-state index in [1.807, 2.05) is 18.2 Å². The lowest BCUT2D eigenvalue weighted by Crippen LogP contribution is -2.23. The van der Waals surface area contributed by atoms with Crippen LogP contribution in [0.5, 0.6) is 0 Å². The van der Waals surface area contributed by atoms with Gasteiger partial charge in [-0.05, 0) is 17.7 Å². The number of carbonyl (C=O) groups excluding carboxylic acids is 1. The molecule has 0 aliphatic heterocycles. The van der Waals surface area contributed by atoms with Crippen molar-refractivity contribution in [3.8, 4) is 0 Å². The van der Waals surface area contributed by atoms with Crippen molar-refractivity contribution in [1.29, 1.82) is 0 Å². The highest BCUT2D eigenvalue weighted by molar-refractivity contribution is 9.10. The van der Waals surface area contributed by atoms with Crippen molar-refractivity contribution in [3.05, 3.63) is 34.4 Å². The van der Waals surface area contributed by atoms with Crippen LogP contribution >= 0.6 is 15.9 Å². The first kappa shape index (κ1) is 12.1. The van der Waals surface area contributed by atoms with Gasteiger partial charge in [-0.2, -0.15) is 0 Å². The topological polar surface area (TPSA) is 62.3 Å². The van der Waals surface area contributed by atoms with E-state index in [4.69, 9.17) is 0 Å². The van der Waals surface area contributed by atoms with Crippen molar-refractivity contribution in [2.75, 3.05) is 7.11 Å². The van der Waals surface area contributed by atoms with Crippen LogP contribution < -0.4 is 0 Å². The fourth-order valence-corrected chi connectivity index (χ4v) is 2.12. The number of fused-ring (bicyclic) bond motifs is 1. The van der Waals surface area contributed by atoms with E-state index < -0.39 is 12.1 Å². The van der Waals surface area contributed by atoms with Crippen LogP contribution in [0.4, 0.5) is 0 Å². The quantitative estimate of drug-likeness (QED) is 0.852. The number of aliphatic hydroxyl groups is 1. The highest BCUT2D eigenvalue weighted by atomic mass is 79.9. The van der Waals surface area contributed by atoms with Gasteiger partial charge >= 0.3 is 5.97 Å². The van der Waals surface area contributed by atoms with E-state index in [2.05, 4.69) is 25.7 Å². The van der Waals surface area contributed by atoms with Gasteiger partial charge in [0.1, 0.15) is 0 Å². The summed E-state index contributed by atoms with van der Waals surface area (Å²) >= 11 is 3.38. The van der Waals surface area contributed by atoms with Crippen LogP contribution in [0.1, 0.15) is 5.56 Å². The molecule has 1 heterocycles. The number of ether oxygens (including phenoxy) is 1. The Morgan fingerprint density at radius 1 is 1.59 bits per heavy atom. The summed E-state index contributed by atoms with van der Waals surface area (Å²) in [4.78, 5) is 14.2. The Morgan fingerprint density at radius 2 is 2.35 bits per heavy atom. The van der Waals surface area contributed by atoms with E-state index in [9.17, 15) is 9.90 Å². The SMILES string of the molecule is COC(=O)C(O)Cc1c[nH]c2cc(Br)ccc12. The fraction of sp³-hybridized carbons (Fsp3) is 0.250. The summed E-state index contributed by atoms with van der Waals surface area (Å²) in [6.45, 7) is 0. The van der Waals surface area contributed by atoms with Crippen LogP contribution in [-0.2, 0) is 16.0 Å². The largest absolute Gasteiger partial charge is 0.467 e. The molecule has 0 bridgehead atoms. The third-order valence-corrected chi connectivity index (χ3v) is 3.11. The molecule has 90 valence electrons. The first-order chi connectivity index (χ1) is 8.11. The first-order valence-corrected chi connectivity index (χ1v) is 5.92. The molecule has 0 aliphatic rings. The zero-order valence-corrected chi connectivity index (χ0v) is 10.8. The standard InChI is InChI=1S/C12H12BrNO3/c1-17-12(16)11(15)4-7-6-14-10-5-8(13)2-3-9(7)10/h2-3,5-6,11,14-15H,4H2,1H3. The molecule has 1 aromatic heterocycles. The highest BCUT2D eigenvalue weighted by Crippen LogP contribution is 2.23. The van der Waals surface area contributed by atoms with E-state index in [-0.39, 0.29) is 6.42 Å². The minimum absolute atomic E-state index is 0.244. The number of nitrogens with one attached hydrogen (secondary N) is 1. The summed E-state index contributed by atoms with van der Waals surface area (Å²) in [5.41, 5.74) is 1.86. The van der Waals surface area contributed by atoms with E-state index in [1.54, 1.807) is 6.20 Å². The molecule has 0 fully saturated rings. The number of halogens is 1. The van der Waals surface area contributed by atoms with Gasteiger partial charge in [0.05, 0.1) is 7.11 Å². The molecule has 5 heteroatoms. The normalized spacial score (nSPS) is 12.6. The van der Waals surface area contributed by atoms with Gasteiger partial charge in [0.25, 0.3) is 0 Å². The number of H-pyrrole nitrogens is 1. The van der Waals surface area contributed by atoms with Crippen molar-refractivity contribution < 1.29 is 14.6 Å². The molecule has 4 nitrogen and oxygen atoms in total. The number of hydrogen-bond donors (Lipinski definition) is 2.